The Morgan fingerprint density at radius 1 is 1.19 bits per heavy atom. The fourth-order valence-corrected chi connectivity index (χ4v) is 4.25. The van der Waals surface area contributed by atoms with Crippen molar-refractivity contribution in [2.45, 2.75) is 55.4 Å². The van der Waals surface area contributed by atoms with Gasteiger partial charge in [-0.2, -0.15) is 0 Å². The third-order valence-electron chi connectivity index (χ3n) is 4.71. The molecule has 2 aliphatic rings. The summed E-state index contributed by atoms with van der Waals surface area (Å²) in [6.07, 6.45) is 7.61. The van der Waals surface area contributed by atoms with Crippen molar-refractivity contribution in [3.05, 3.63) is 29.3 Å². The molecule has 2 N–H and O–H groups in total. The number of hydrogen-bond donors (Lipinski definition) is 2. The molecule has 1 saturated carbocycles. The quantitative estimate of drug-likeness (QED) is 0.822. The first-order chi connectivity index (χ1) is 10.2. The number of fused-ring (bicyclic) bond motifs is 1. The maximum absolute atomic E-state index is 12.1. The van der Waals surface area contributed by atoms with Gasteiger partial charge in [0, 0.05) is 4.90 Å². The highest BCUT2D eigenvalue weighted by molar-refractivity contribution is 8.00. The van der Waals surface area contributed by atoms with Gasteiger partial charge in [-0.25, -0.2) is 0 Å². The SMILES string of the molecule is O=C(CSc1ccc2c(c1)CCC2)NC1(CO)CCCC1. The van der Waals surface area contributed by atoms with Crippen LogP contribution in [0.5, 0.6) is 0 Å². The fraction of sp³-hybridized carbons (Fsp3) is 0.588. The summed E-state index contributed by atoms with van der Waals surface area (Å²) < 4.78 is 0. The number of aryl methyl sites for hydroxylation is 2. The topological polar surface area (TPSA) is 49.3 Å². The Bertz CT molecular complexity index is 524. The monoisotopic (exact) mass is 305 g/mol. The minimum Gasteiger partial charge on any atom is -0.394 e. The van der Waals surface area contributed by atoms with Gasteiger partial charge in [-0.15, -0.1) is 11.8 Å². The van der Waals surface area contributed by atoms with Gasteiger partial charge in [0.25, 0.3) is 0 Å². The molecular formula is C17H23NO2S. The van der Waals surface area contributed by atoms with Gasteiger partial charge < -0.3 is 10.4 Å². The number of hydrogen-bond acceptors (Lipinski definition) is 3. The number of carbonyl (C=O) groups is 1. The van der Waals surface area contributed by atoms with Gasteiger partial charge in [0.15, 0.2) is 0 Å². The van der Waals surface area contributed by atoms with Gasteiger partial charge in [0.1, 0.15) is 0 Å². The summed E-state index contributed by atoms with van der Waals surface area (Å²) in [6.45, 7) is 0.0578. The van der Waals surface area contributed by atoms with Crippen molar-refractivity contribution in [1.82, 2.24) is 5.32 Å². The molecule has 0 spiro atoms. The van der Waals surface area contributed by atoms with Crippen LogP contribution in [0.25, 0.3) is 0 Å². The molecule has 1 aromatic rings. The van der Waals surface area contributed by atoms with Crippen molar-refractivity contribution in [3.8, 4) is 0 Å². The predicted molar refractivity (Wildman–Crippen MR) is 85.6 cm³/mol. The Hall–Kier alpha value is -1.00. The molecule has 1 amide bonds. The van der Waals surface area contributed by atoms with Gasteiger partial charge in [-0.3, -0.25) is 4.79 Å². The van der Waals surface area contributed by atoms with Crippen molar-refractivity contribution in [1.29, 1.82) is 0 Å². The first kappa shape index (κ1) is 14.9. The van der Waals surface area contributed by atoms with Gasteiger partial charge in [0.2, 0.25) is 5.91 Å². The molecule has 0 radical (unpaired) electrons. The predicted octanol–water partition coefficient (Wildman–Crippen LogP) is 2.69. The minimum atomic E-state index is -0.352. The van der Waals surface area contributed by atoms with E-state index >= 15 is 0 Å². The number of nitrogens with one attached hydrogen (secondary N) is 1. The van der Waals surface area contributed by atoms with Crippen LogP contribution in [0.3, 0.4) is 0 Å². The summed E-state index contributed by atoms with van der Waals surface area (Å²) in [5.41, 5.74) is 2.56. The number of rotatable bonds is 5. The van der Waals surface area contributed by atoms with Crippen LogP contribution < -0.4 is 5.32 Å². The van der Waals surface area contributed by atoms with E-state index in [1.807, 2.05) is 0 Å². The molecular weight excluding hydrogens is 282 g/mol. The third kappa shape index (κ3) is 3.43. The summed E-state index contributed by atoms with van der Waals surface area (Å²) >= 11 is 1.59. The molecule has 21 heavy (non-hydrogen) atoms. The molecule has 0 bridgehead atoms. The Morgan fingerprint density at radius 3 is 2.71 bits per heavy atom. The molecule has 3 rings (SSSR count). The highest BCUT2D eigenvalue weighted by Crippen LogP contribution is 2.30. The van der Waals surface area contributed by atoms with Crippen molar-refractivity contribution in [2.24, 2.45) is 0 Å². The molecule has 114 valence electrons. The first-order valence-electron chi connectivity index (χ1n) is 7.87. The smallest absolute Gasteiger partial charge is 0.230 e. The first-order valence-corrected chi connectivity index (χ1v) is 8.86. The Labute approximate surface area is 130 Å². The summed E-state index contributed by atoms with van der Waals surface area (Å²) in [5.74, 6) is 0.469. The zero-order valence-corrected chi connectivity index (χ0v) is 13.2. The van der Waals surface area contributed by atoms with Crippen LogP contribution in [0.1, 0.15) is 43.2 Å². The van der Waals surface area contributed by atoms with Gasteiger partial charge >= 0.3 is 0 Å². The standard InChI is InChI=1S/C17H23NO2S/c19-12-17(8-1-2-9-17)18-16(20)11-21-15-7-6-13-4-3-5-14(13)10-15/h6-7,10,19H,1-5,8-9,11-12H2,(H,18,20). The molecule has 1 fully saturated rings. The van der Waals surface area contributed by atoms with Crippen LogP contribution in [-0.2, 0) is 17.6 Å². The molecule has 3 nitrogen and oxygen atoms in total. The van der Waals surface area contributed by atoms with Gasteiger partial charge in [-0.05, 0) is 55.4 Å². The van der Waals surface area contributed by atoms with E-state index in [4.69, 9.17) is 0 Å². The van der Waals surface area contributed by atoms with E-state index < -0.39 is 0 Å². The van der Waals surface area contributed by atoms with Crippen molar-refractivity contribution in [3.63, 3.8) is 0 Å². The average Bonchev–Trinajstić information content (AvgIpc) is 3.14. The average molecular weight is 305 g/mol. The van der Waals surface area contributed by atoms with Crippen LogP contribution in [0.4, 0.5) is 0 Å². The zero-order chi connectivity index (χ0) is 14.7. The Morgan fingerprint density at radius 2 is 1.95 bits per heavy atom. The molecule has 0 aromatic heterocycles. The lowest BCUT2D eigenvalue weighted by molar-refractivity contribution is -0.121. The molecule has 0 heterocycles. The zero-order valence-electron chi connectivity index (χ0n) is 12.4. The lowest BCUT2D eigenvalue weighted by Gasteiger charge is -2.27. The number of carbonyl (C=O) groups excluding carboxylic acids is 1. The Balaban J connectivity index is 1.54. The van der Waals surface area contributed by atoms with E-state index in [0.717, 1.165) is 25.7 Å². The summed E-state index contributed by atoms with van der Waals surface area (Å²) in [7, 11) is 0. The van der Waals surface area contributed by atoms with Gasteiger partial charge in [0.05, 0.1) is 17.9 Å². The molecule has 4 heteroatoms. The minimum absolute atomic E-state index is 0.0384. The normalized spacial score (nSPS) is 19.5. The molecule has 2 aliphatic carbocycles. The van der Waals surface area contributed by atoms with E-state index in [0.29, 0.717) is 5.75 Å². The van der Waals surface area contributed by atoms with E-state index in [1.54, 1.807) is 11.8 Å². The number of amides is 1. The van der Waals surface area contributed by atoms with E-state index in [1.165, 1.54) is 35.3 Å². The second kappa shape index (κ2) is 6.41. The van der Waals surface area contributed by atoms with Gasteiger partial charge in [-0.1, -0.05) is 18.9 Å². The van der Waals surface area contributed by atoms with E-state index in [-0.39, 0.29) is 18.1 Å². The lowest BCUT2D eigenvalue weighted by Crippen LogP contribution is -2.49. The van der Waals surface area contributed by atoms with E-state index in [2.05, 4.69) is 23.5 Å². The maximum Gasteiger partial charge on any atom is 0.230 e. The summed E-state index contributed by atoms with van der Waals surface area (Å²) in [6, 6.07) is 6.56. The van der Waals surface area contributed by atoms with Crippen molar-refractivity contribution < 1.29 is 9.90 Å². The summed E-state index contributed by atoms with van der Waals surface area (Å²) in [5, 5.41) is 12.6. The highest BCUT2D eigenvalue weighted by Gasteiger charge is 2.34. The number of aliphatic hydroxyl groups excluding tert-OH is 1. The van der Waals surface area contributed by atoms with Crippen molar-refractivity contribution >= 4 is 17.7 Å². The second-order valence-electron chi connectivity index (χ2n) is 6.27. The summed E-state index contributed by atoms with van der Waals surface area (Å²) in [4.78, 5) is 13.3. The Kier molecular flexibility index (Phi) is 4.55. The number of aliphatic hydroxyl groups is 1. The molecule has 0 saturated heterocycles. The second-order valence-corrected chi connectivity index (χ2v) is 7.32. The van der Waals surface area contributed by atoms with Crippen LogP contribution in [0.15, 0.2) is 23.1 Å². The van der Waals surface area contributed by atoms with Crippen LogP contribution in [0.2, 0.25) is 0 Å². The third-order valence-corrected chi connectivity index (χ3v) is 5.70. The number of thioether (sulfide) groups is 1. The molecule has 1 aromatic carbocycles. The lowest BCUT2D eigenvalue weighted by atomic mass is 9.99. The molecule has 0 atom stereocenters. The number of benzene rings is 1. The van der Waals surface area contributed by atoms with Crippen molar-refractivity contribution in [2.75, 3.05) is 12.4 Å². The van der Waals surface area contributed by atoms with Crippen LogP contribution in [0, 0.1) is 0 Å². The molecule has 0 unspecified atom stereocenters. The maximum atomic E-state index is 12.1. The largest absolute Gasteiger partial charge is 0.394 e. The van der Waals surface area contributed by atoms with Crippen LogP contribution >= 0.6 is 11.8 Å². The highest BCUT2D eigenvalue weighted by atomic mass is 32.2. The van der Waals surface area contributed by atoms with E-state index in [9.17, 15) is 9.90 Å². The van der Waals surface area contributed by atoms with Crippen LogP contribution in [-0.4, -0.2) is 28.9 Å². The molecule has 0 aliphatic heterocycles. The fourth-order valence-electron chi connectivity index (χ4n) is 3.49.